The minimum Gasteiger partial charge on any atom is -0.484 e. The number of carbonyl (C=O) groups is 1. The van der Waals surface area contributed by atoms with Gasteiger partial charge in [0.2, 0.25) is 0 Å². The molecule has 0 aromatic heterocycles. The number of aryl methyl sites for hydroxylation is 2. The van der Waals surface area contributed by atoms with Gasteiger partial charge in [-0.15, -0.1) is 0 Å². The summed E-state index contributed by atoms with van der Waals surface area (Å²) in [6.45, 7) is 3.93. The van der Waals surface area contributed by atoms with Crippen LogP contribution in [0.2, 0.25) is 0 Å². The topological polar surface area (TPSA) is 50.7 Å². The van der Waals surface area contributed by atoms with Gasteiger partial charge < -0.3 is 4.74 Å². The van der Waals surface area contributed by atoms with E-state index in [-0.39, 0.29) is 12.5 Å². The van der Waals surface area contributed by atoms with E-state index in [1.165, 1.54) is 5.56 Å². The molecule has 0 radical (unpaired) electrons. The average molecular weight is 282 g/mol. The van der Waals surface area contributed by atoms with Crippen LogP contribution in [0.3, 0.4) is 0 Å². The van der Waals surface area contributed by atoms with Crippen molar-refractivity contribution in [2.24, 2.45) is 5.10 Å². The number of hydrogen-bond acceptors (Lipinski definition) is 3. The van der Waals surface area contributed by atoms with E-state index >= 15 is 0 Å². The van der Waals surface area contributed by atoms with Gasteiger partial charge in [-0.05, 0) is 37.1 Å². The quantitative estimate of drug-likeness (QED) is 0.677. The van der Waals surface area contributed by atoms with Crippen molar-refractivity contribution in [1.29, 1.82) is 0 Å². The number of benzene rings is 2. The predicted molar refractivity (Wildman–Crippen MR) is 83.6 cm³/mol. The van der Waals surface area contributed by atoms with Crippen molar-refractivity contribution >= 4 is 12.1 Å². The maximum Gasteiger partial charge on any atom is 0.277 e. The molecule has 0 atom stereocenters. The van der Waals surface area contributed by atoms with Gasteiger partial charge in [-0.25, -0.2) is 5.43 Å². The summed E-state index contributed by atoms with van der Waals surface area (Å²) in [7, 11) is 0. The number of rotatable bonds is 5. The molecule has 2 aromatic rings. The van der Waals surface area contributed by atoms with Crippen LogP contribution in [0.25, 0.3) is 0 Å². The first-order valence-corrected chi connectivity index (χ1v) is 6.71. The molecule has 4 nitrogen and oxygen atoms in total. The van der Waals surface area contributed by atoms with Gasteiger partial charge in [0.15, 0.2) is 6.61 Å². The summed E-state index contributed by atoms with van der Waals surface area (Å²) < 4.78 is 5.38. The Balaban J connectivity index is 1.78. The summed E-state index contributed by atoms with van der Waals surface area (Å²) in [5.74, 6) is 0.382. The predicted octanol–water partition coefficient (Wildman–Crippen LogP) is 2.83. The van der Waals surface area contributed by atoms with Gasteiger partial charge in [-0.1, -0.05) is 42.0 Å². The van der Waals surface area contributed by atoms with Crippen molar-refractivity contribution in [3.05, 3.63) is 65.2 Å². The second-order valence-electron chi connectivity index (χ2n) is 4.81. The Kier molecular flexibility index (Phi) is 5.10. The van der Waals surface area contributed by atoms with Crippen molar-refractivity contribution < 1.29 is 9.53 Å². The van der Waals surface area contributed by atoms with Crippen LogP contribution in [0.15, 0.2) is 53.6 Å². The zero-order valence-corrected chi connectivity index (χ0v) is 12.2. The van der Waals surface area contributed by atoms with E-state index < -0.39 is 0 Å². The lowest BCUT2D eigenvalue weighted by Crippen LogP contribution is -2.24. The zero-order valence-electron chi connectivity index (χ0n) is 12.2. The lowest BCUT2D eigenvalue weighted by Gasteiger charge is -2.05. The van der Waals surface area contributed by atoms with Gasteiger partial charge in [0.25, 0.3) is 5.91 Å². The zero-order chi connectivity index (χ0) is 15.1. The van der Waals surface area contributed by atoms with Gasteiger partial charge >= 0.3 is 0 Å². The third-order valence-corrected chi connectivity index (χ3v) is 2.84. The molecule has 2 rings (SSSR count). The van der Waals surface area contributed by atoms with E-state index in [1.807, 2.05) is 62.4 Å². The molecule has 0 saturated carbocycles. The number of carbonyl (C=O) groups excluding carboxylic acids is 1. The van der Waals surface area contributed by atoms with Crippen LogP contribution in [0.4, 0.5) is 0 Å². The van der Waals surface area contributed by atoms with Crippen molar-refractivity contribution in [2.45, 2.75) is 13.8 Å². The number of ether oxygens (including phenoxy) is 1. The van der Waals surface area contributed by atoms with E-state index in [0.717, 1.165) is 11.1 Å². The molecule has 0 aliphatic rings. The lowest BCUT2D eigenvalue weighted by atomic mass is 10.2. The van der Waals surface area contributed by atoms with Gasteiger partial charge in [-0.2, -0.15) is 5.10 Å². The van der Waals surface area contributed by atoms with E-state index in [9.17, 15) is 4.79 Å². The van der Waals surface area contributed by atoms with Crippen LogP contribution < -0.4 is 10.2 Å². The normalized spacial score (nSPS) is 10.6. The monoisotopic (exact) mass is 282 g/mol. The van der Waals surface area contributed by atoms with Crippen molar-refractivity contribution in [3.63, 3.8) is 0 Å². The van der Waals surface area contributed by atoms with E-state index in [4.69, 9.17) is 4.74 Å². The Morgan fingerprint density at radius 1 is 1.14 bits per heavy atom. The Morgan fingerprint density at radius 2 is 1.90 bits per heavy atom. The Hall–Kier alpha value is -2.62. The van der Waals surface area contributed by atoms with Crippen LogP contribution in [-0.4, -0.2) is 18.7 Å². The Morgan fingerprint density at radius 3 is 2.62 bits per heavy atom. The van der Waals surface area contributed by atoms with Crippen molar-refractivity contribution in [1.82, 2.24) is 5.43 Å². The fourth-order valence-corrected chi connectivity index (χ4v) is 1.72. The fourth-order valence-electron chi connectivity index (χ4n) is 1.72. The highest BCUT2D eigenvalue weighted by molar-refractivity contribution is 5.82. The highest BCUT2D eigenvalue weighted by Gasteiger charge is 2.01. The summed E-state index contributed by atoms with van der Waals surface area (Å²) in [4.78, 5) is 11.6. The molecule has 0 aliphatic carbocycles. The minimum atomic E-state index is -0.292. The highest BCUT2D eigenvalue weighted by Crippen LogP contribution is 2.11. The lowest BCUT2D eigenvalue weighted by molar-refractivity contribution is -0.123. The van der Waals surface area contributed by atoms with Crippen LogP contribution >= 0.6 is 0 Å². The van der Waals surface area contributed by atoms with Crippen LogP contribution in [-0.2, 0) is 4.79 Å². The summed E-state index contributed by atoms with van der Waals surface area (Å²) in [6, 6.07) is 15.4. The first kappa shape index (κ1) is 14.8. The maximum absolute atomic E-state index is 11.6. The first-order valence-electron chi connectivity index (χ1n) is 6.71. The minimum absolute atomic E-state index is 0.0608. The van der Waals surface area contributed by atoms with E-state index in [0.29, 0.717) is 5.75 Å². The number of nitrogens with zero attached hydrogens (tertiary/aromatic N) is 1. The molecular formula is C17H18N2O2. The third kappa shape index (κ3) is 5.10. The number of amides is 1. The molecule has 0 spiro atoms. The molecule has 21 heavy (non-hydrogen) atoms. The summed E-state index contributed by atoms with van der Waals surface area (Å²) >= 11 is 0. The van der Waals surface area contributed by atoms with E-state index in [1.54, 1.807) is 6.21 Å². The Labute approximate surface area is 124 Å². The molecule has 0 heterocycles. The standard InChI is InChI=1S/C17H18N2O2/c1-13-6-8-15(9-7-13)11-18-19-17(20)12-21-16-5-3-4-14(2)10-16/h3-11H,12H2,1-2H3,(H,19,20)/b18-11-. The SMILES string of the molecule is Cc1ccc(/C=N\NC(=O)COc2cccc(C)c2)cc1. The Bertz CT molecular complexity index is 633. The summed E-state index contributed by atoms with van der Waals surface area (Å²) in [5, 5.41) is 3.90. The van der Waals surface area contributed by atoms with Gasteiger partial charge in [0.1, 0.15) is 5.75 Å². The molecule has 0 fully saturated rings. The summed E-state index contributed by atoms with van der Waals surface area (Å²) in [6.07, 6.45) is 1.60. The van der Waals surface area contributed by atoms with Gasteiger partial charge in [0, 0.05) is 0 Å². The van der Waals surface area contributed by atoms with Crippen LogP contribution in [0.1, 0.15) is 16.7 Å². The molecule has 0 unspecified atom stereocenters. The number of hydrogen-bond donors (Lipinski definition) is 1. The smallest absolute Gasteiger partial charge is 0.277 e. The van der Waals surface area contributed by atoms with Crippen molar-refractivity contribution in [3.8, 4) is 5.75 Å². The van der Waals surface area contributed by atoms with Crippen molar-refractivity contribution in [2.75, 3.05) is 6.61 Å². The molecule has 0 saturated heterocycles. The summed E-state index contributed by atoms with van der Waals surface area (Å²) in [5.41, 5.74) is 5.64. The number of nitrogens with one attached hydrogen (secondary N) is 1. The maximum atomic E-state index is 11.6. The average Bonchev–Trinajstić information content (AvgIpc) is 2.47. The third-order valence-electron chi connectivity index (χ3n) is 2.84. The molecule has 108 valence electrons. The molecule has 0 bridgehead atoms. The molecule has 1 N–H and O–H groups in total. The van der Waals surface area contributed by atoms with E-state index in [2.05, 4.69) is 10.5 Å². The molecule has 4 heteroatoms. The highest BCUT2D eigenvalue weighted by atomic mass is 16.5. The first-order chi connectivity index (χ1) is 10.1. The van der Waals surface area contributed by atoms with Gasteiger partial charge in [-0.3, -0.25) is 4.79 Å². The fraction of sp³-hybridized carbons (Fsp3) is 0.176. The molecule has 1 amide bonds. The number of hydrazone groups is 1. The van der Waals surface area contributed by atoms with Gasteiger partial charge in [0.05, 0.1) is 6.21 Å². The van der Waals surface area contributed by atoms with Crippen LogP contribution in [0, 0.1) is 13.8 Å². The molecular weight excluding hydrogens is 264 g/mol. The second kappa shape index (κ2) is 7.24. The second-order valence-corrected chi connectivity index (χ2v) is 4.81. The molecule has 0 aliphatic heterocycles. The molecule has 2 aromatic carbocycles. The van der Waals surface area contributed by atoms with Crippen LogP contribution in [0.5, 0.6) is 5.75 Å². The largest absolute Gasteiger partial charge is 0.484 e.